The smallest absolute Gasteiger partial charge is 0.214 e. The van der Waals surface area contributed by atoms with Crippen LogP contribution in [-0.4, -0.2) is 34.1 Å². The largest absolute Gasteiger partial charge is 0.242 e. The molecule has 22 heavy (non-hydrogen) atoms. The Balaban J connectivity index is 2.35. The first kappa shape index (κ1) is 16.5. The Kier molecular flexibility index (Phi) is 4.86. The monoisotopic (exact) mass is 342 g/mol. The maximum atomic E-state index is 12.3. The summed E-state index contributed by atoms with van der Waals surface area (Å²) in [5.74, 6) is 0. The number of nitrogens with zero attached hydrogens (tertiary/aromatic N) is 2. The van der Waals surface area contributed by atoms with Gasteiger partial charge in [0.2, 0.25) is 20.0 Å². The van der Waals surface area contributed by atoms with Gasteiger partial charge in [-0.25, -0.2) is 26.3 Å². The van der Waals surface area contributed by atoms with Crippen LogP contribution < -0.4 is 9.44 Å². The van der Waals surface area contributed by atoms with Gasteiger partial charge in [-0.15, -0.1) is 0 Å². The van der Waals surface area contributed by atoms with Gasteiger partial charge in [-0.1, -0.05) is 12.1 Å². The van der Waals surface area contributed by atoms with Gasteiger partial charge >= 0.3 is 0 Å². The predicted molar refractivity (Wildman–Crippen MR) is 78.7 cm³/mol. The van der Waals surface area contributed by atoms with E-state index in [2.05, 4.69) is 19.6 Å². The molecular weight excluding hydrogens is 328 g/mol. The van der Waals surface area contributed by atoms with E-state index in [0.717, 1.165) is 0 Å². The molecule has 2 aromatic rings. The first-order valence-electron chi connectivity index (χ1n) is 6.15. The van der Waals surface area contributed by atoms with Crippen molar-refractivity contribution < 1.29 is 16.8 Å². The predicted octanol–water partition coefficient (Wildman–Crippen LogP) is -0.137. The van der Waals surface area contributed by atoms with Crippen molar-refractivity contribution >= 4 is 20.0 Å². The van der Waals surface area contributed by atoms with Crippen molar-refractivity contribution in [3.8, 4) is 0 Å². The quantitative estimate of drug-likeness (QED) is 0.754. The van der Waals surface area contributed by atoms with E-state index in [1.807, 2.05) is 0 Å². The van der Waals surface area contributed by atoms with Gasteiger partial charge in [0.05, 0.1) is 12.2 Å². The Bertz CT molecular complexity index is 852. The number of hydrogen-bond acceptors (Lipinski definition) is 6. The van der Waals surface area contributed by atoms with Gasteiger partial charge in [0.25, 0.3) is 0 Å². The second-order valence-electron chi connectivity index (χ2n) is 4.19. The van der Waals surface area contributed by atoms with Gasteiger partial charge in [-0.05, 0) is 31.3 Å². The molecule has 0 amide bonds. The van der Waals surface area contributed by atoms with Crippen molar-refractivity contribution in [1.29, 1.82) is 0 Å². The second-order valence-corrected chi connectivity index (χ2v) is 7.78. The van der Waals surface area contributed by atoms with Crippen LogP contribution in [0, 0.1) is 0 Å². The lowest BCUT2D eigenvalue weighted by Gasteiger charge is -2.11. The molecule has 2 N–H and O–H groups in total. The maximum Gasteiger partial charge on any atom is 0.242 e. The summed E-state index contributed by atoms with van der Waals surface area (Å²) in [5, 5.41) is 7.39. The molecule has 0 unspecified atom stereocenters. The molecule has 0 aliphatic heterocycles. The molecule has 0 bridgehead atoms. The number of benzene rings is 1. The van der Waals surface area contributed by atoms with Crippen LogP contribution in [0.4, 0.5) is 0 Å². The first-order chi connectivity index (χ1) is 10.4. The SMILES string of the molecule is CNS(=O)(=O)c1ccccc1S(=O)(=O)NCc1cccnn1. The summed E-state index contributed by atoms with van der Waals surface area (Å²) in [6, 6.07) is 8.57. The van der Waals surface area contributed by atoms with Crippen LogP contribution in [0.15, 0.2) is 52.4 Å². The number of sulfonamides is 2. The van der Waals surface area contributed by atoms with E-state index in [1.54, 1.807) is 12.1 Å². The zero-order valence-electron chi connectivity index (χ0n) is 11.6. The van der Waals surface area contributed by atoms with Gasteiger partial charge in [0.15, 0.2) is 0 Å². The Hall–Kier alpha value is -1.88. The molecule has 0 spiro atoms. The van der Waals surface area contributed by atoms with Gasteiger partial charge < -0.3 is 0 Å². The van der Waals surface area contributed by atoms with Crippen LogP contribution in [0.3, 0.4) is 0 Å². The van der Waals surface area contributed by atoms with Crippen LogP contribution in [0.1, 0.15) is 5.69 Å². The minimum absolute atomic E-state index is 0.0931. The maximum absolute atomic E-state index is 12.3. The van der Waals surface area contributed by atoms with E-state index in [1.165, 1.54) is 37.5 Å². The van der Waals surface area contributed by atoms with Crippen molar-refractivity contribution in [3.05, 3.63) is 48.3 Å². The van der Waals surface area contributed by atoms with Crippen LogP contribution in [0.2, 0.25) is 0 Å². The van der Waals surface area contributed by atoms with Crippen LogP contribution in [0.5, 0.6) is 0 Å². The van der Waals surface area contributed by atoms with Gasteiger partial charge in [-0.2, -0.15) is 10.2 Å². The molecule has 1 heterocycles. The van der Waals surface area contributed by atoms with E-state index in [0.29, 0.717) is 5.69 Å². The number of rotatable bonds is 6. The van der Waals surface area contributed by atoms with Crippen LogP contribution >= 0.6 is 0 Å². The topological polar surface area (TPSA) is 118 Å². The number of nitrogens with one attached hydrogen (secondary N) is 2. The fraction of sp³-hybridized carbons (Fsp3) is 0.167. The first-order valence-corrected chi connectivity index (χ1v) is 9.12. The lowest BCUT2D eigenvalue weighted by molar-refractivity contribution is 0.569. The summed E-state index contributed by atoms with van der Waals surface area (Å²) in [4.78, 5) is -0.641. The molecule has 0 saturated heterocycles. The van der Waals surface area contributed by atoms with Gasteiger partial charge in [0.1, 0.15) is 9.79 Å². The molecule has 10 heteroatoms. The fourth-order valence-electron chi connectivity index (χ4n) is 1.68. The van der Waals surface area contributed by atoms with Crippen molar-refractivity contribution in [2.45, 2.75) is 16.3 Å². The molecular formula is C12H14N4O4S2. The van der Waals surface area contributed by atoms with Crippen molar-refractivity contribution in [2.24, 2.45) is 0 Å². The van der Waals surface area contributed by atoms with Gasteiger partial charge in [0, 0.05) is 6.20 Å². The highest BCUT2D eigenvalue weighted by Gasteiger charge is 2.25. The zero-order valence-corrected chi connectivity index (χ0v) is 13.2. The molecule has 0 aliphatic rings. The summed E-state index contributed by atoms with van der Waals surface area (Å²) in [6.45, 7) is -0.0931. The van der Waals surface area contributed by atoms with E-state index in [4.69, 9.17) is 0 Å². The number of hydrogen-bond donors (Lipinski definition) is 2. The van der Waals surface area contributed by atoms with E-state index < -0.39 is 20.0 Å². The molecule has 1 aromatic heterocycles. The van der Waals surface area contributed by atoms with Crippen molar-refractivity contribution in [2.75, 3.05) is 7.05 Å². The van der Waals surface area contributed by atoms with E-state index in [-0.39, 0.29) is 16.3 Å². The third kappa shape index (κ3) is 3.65. The standard InChI is InChI=1S/C12H14N4O4S2/c1-13-21(17,18)11-6-2-3-7-12(11)22(19,20)15-9-10-5-4-8-14-16-10/h2-8,13,15H,9H2,1H3. The highest BCUT2D eigenvalue weighted by molar-refractivity contribution is 7.92. The van der Waals surface area contributed by atoms with E-state index >= 15 is 0 Å². The Morgan fingerprint density at radius 3 is 2.14 bits per heavy atom. The minimum Gasteiger partial charge on any atom is -0.214 e. The summed E-state index contributed by atoms with van der Waals surface area (Å²) < 4.78 is 52.9. The molecule has 118 valence electrons. The van der Waals surface area contributed by atoms with Crippen LogP contribution in [-0.2, 0) is 26.6 Å². The lowest BCUT2D eigenvalue weighted by Crippen LogP contribution is -2.27. The Labute approximate surface area is 128 Å². The third-order valence-corrected chi connectivity index (χ3v) is 5.83. The zero-order chi connectivity index (χ0) is 16.2. The summed E-state index contributed by atoms with van der Waals surface area (Å²) in [7, 11) is -6.70. The normalized spacial score (nSPS) is 12.2. The number of aromatic nitrogens is 2. The lowest BCUT2D eigenvalue weighted by atomic mass is 10.4. The average Bonchev–Trinajstić information content (AvgIpc) is 2.54. The molecule has 0 atom stereocenters. The van der Waals surface area contributed by atoms with E-state index in [9.17, 15) is 16.8 Å². The molecule has 0 fully saturated rings. The molecule has 0 aliphatic carbocycles. The Morgan fingerprint density at radius 1 is 0.955 bits per heavy atom. The molecule has 8 nitrogen and oxygen atoms in total. The third-order valence-electron chi connectivity index (χ3n) is 2.77. The molecule has 0 radical (unpaired) electrons. The van der Waals surface area contributed by atoms with Crippen molar-refractivity contribution in [1.82, 2.24) is 19.6 Å². The van der Waals surface area contributed by atoms with Gasteiger partial charge in [-0.3, -0.25) is 0 Å². The van der Waals surface area contributed by atoms with Crippen molar-refractivity contribution in [3.63, 3.8) is 0 Å². The fourth-order valence-corrected chi connectivity index (χ4v) is 4.23. The summed E-state index contributed by atoms with van der Waals surface area (Å²) >= 11 is 0. The summed E-state index contributed by atoms with van der Waals surface area (Å²) in [5.41, 5.74) is 0.417. The average molecular weight is 342 g/mol. The molecule has 1 aromatic carbocycles. The second kappa shape index (κ2) is 6.48. The molecule has 0 saturated carbocycles. The highest BCUT2D eigenvalue weighted by atomic mass is 32.2. The Morgan fingerprint density at radius 2 is 1.59 bits per heavy atom. The van der Waals surface area contributed by atoms with Crippen LogP contribution in [0.25, 0.3) is 0 Å². The molecule has 2 rings (SSSR count). The highest BCUT2D eigenvalue weighted by Crippen LogP contribution is 2.20. The minimum atomic E-state index is -4.02. The summed E-state index contributed by atoms with van der Waals surface area (Å²) in [6.07, 6.45) is 1.47.